The van der Waals surface area contributed by atoms with Crippen LogP contribution in [0.3, 0.4) is 0 Å². The Hall–Kier alpha value is -3.93. The van der Waals surface area contributed by atoms with Crippen LogP contribution in [0.4, 0.5) is 8.78 Å². The number of aliphatic hydroxyl groups is 1. The molecule has 38 heavy (non-hydrogen) atoms. The number of benzene rings is 3. The molecule has 3 aromatic carbocycles. The predicted octanol–water partition coefficient (Wildman–Crippen LogP) is 4.43. The Morgan fingerprint density at radius 3 is 2.61 bits per heavy atom. The second kappa shape index (κ2) is 11.2. The van der Waals surface area contributed by atoms with Crippen LogP contribution in [-0.2, 0) is 12.0 Å². The molecule has 3 aromatic rings. The number of carbonyl (C=O) groups is 1. The van der Waals surface area contributed by atoms with Gasteiger partial charge < -0.3 is 26.0 Å². The number of terminal acetylenes is 1. The number of nitrogens with two attached hydrogens (primary N) is 2. The van der Waals surface area contributed by atoms with Gasteiger partial charge in [0.1, 0.15) is 18.2 Å². The Kier molecular flexibility index (Phi) is 8.00. The lowest BCUT2D eigenvalue weighted by atomic mass is 9.78. The quantitative estimate of drug-likeness (QED) is 0.343. The molecule has 0 saturated carbocycles. The third-order valence-electron chi connectivity index (χ3n) is 6.92. The van der Waals surface area contributed by atoms with E-state index in [-0.39, 0.29) is 53.4 Å². The fourth-order valence-electron chi connectivity index (χ4n) is 5.08. The summed E-state index contributed by atoms with van der Waals surface area (Å²) in [6.07, 6.45) is 8.27. The van der Waals surface area contributed by atoms with Gasteiger partial charge in [-0.2, -0.15) is 0 Å². The Balaban J connectivity index is 2.00. The Morgan fingerprint density at radius 1 is 1.24 bits per heavy atom. The van der Waals surface area contributed by atoms with Crippen molar-refractivity contribution in [3.8, 4) is 35.0 Å². The van der Waals surface area contributed by atoms with E-state index in [0.29, 0.717) is 12.0 Å². The van der Waals surface area contributed by atoms with Crippen LogP contribution in [0.5, 0.6) is 11.5 Å². The van der Waals surface area contributed by atoms with E-state index in [1.54, 1.807) is 0 Å². The zero-order chi connectivity index (χ0) is 27.4. The van der Waals surface area contributed by atoms with Crippen molar-refractivity contribution in [1.29, 1.82) is 0 Å². The van der Waals surface area contributed by atoms with E-state index in [1.807, 2.05) is 30.3 Å². The Bertz CT molecular complexity index is 1390. The van der Waals surface area contributed by atoms with Crippen molar-refractivity contribution in [3.63, 3.8) is 0 Å². The molecule has 0 bridgehead atoms. The third kappa shape index (κ3) is 4.71. The van der Waals surface area contributed by atoms with Gasteiger partial charge in [-0.05, 0) is 24.1 Å². The summed E-state index contributed by atoms with van der Waals surface area (Å²) >= 11 is 0. The molecule has 0 aromatic heterocycles. The highest BCUT2D eigenvalue weighted by Crippen LogP contribution is 2.50. The summed E-state index contributed by atoms with van der Waals surface area (Å²) in [7, 11) is 0. The van der Waals surface area contributed by atoms with Crippen molar-refractivity contribution in [3.05, 3.63) is 82.4 Å². The van der Waals surface area contributed by atoms with Crippen LogP contribution < -0.4 is 20.9 Å². The lowest BCUT2D eigenvalue weighted by Crippen LogP contribution is -2.49. The zero-order valence-corrected chi connectivity index (χ0v) is 21.1. The SMILES string of the molecule is C#Cc1c(F)cc2c(c1-c1c(C(N)=O)ccc(OCCO)c1F)CC(c1ccccc1)(C(N)CCCC)O2. The summed E-state index contributed by atoms with van der Waals surface area (Å²) in [6.45, 7) is 1.50. The van der Waals surface area contributed by atoms with Gasteiger partial charge in [-0.3, -0.25) is 4.79 Å². The molecular formula is C30H30F2N2O4. The molecule has 1 aliphatic rings. The number of hydrogen-bond acceptors (Lipinski definition) is 5. The first-order valence-electron chi connectivity index (χ1n) is 12.5. The number of carbonyl (C=O) groups excluding carboxylic acids is 1. The van der Waals surface area contributed by atoms with Gasteiger partial charge in [0.15, 0.2) is 17.2 Å². The topological polar surface area (TPSA) is 108 Å². The van der Waals surface area contributed by atoms with Gasteiger partial charge in [0, 0.05) is 35.2 Å². The Labute approximate surface area is 220 Å². The number of unbranched alkanes of at least 4 members (excludes halogenated alkanes) is 1. The summed E-state index contributed by atoms with van der Waals surface area (Å²) in [4.78, 5) is 12.4. The first-order chi connectivity index (χ1) is 18.3. The average molecular weight is 521 g/mol. The maximum absolute atomic E-state index is 16.0. The average Bonchev–Trinajstić information content (AvgIpc) is 3.31. The van der Waals surface area contributed by atoms with Gasteiger partial charge >= 0.3 is 0 Å². The molecule has 0 aliphatic carbocycles. The summed E-state index contributed by atoms with van der Waals surface area (Å²) in [5, 5.41) is 9.15. The lowest BCUT2D eigenvalue weighted by Gasteiger charge is -2.35. The maximum atomic E-state index is 16.0. The van der Waals surface area contributed by atoms with Gasteiger partial charge in [-0.1, -0.05) is 56.0 Å². The van der Waals surface area contributed by atoms with Crippen molar-refractivity contribution in [2.45, 2.75) is 44.2 Å². The highest BCUT2D eigenvalue weighted by atomic mass is 19.1. The number of aliphatic hydroxyl groups excluding tert-OH is 1. The van der Waals surface area contributed by atoms with Gasteiger partial charge in [-0.25, -0.2) is 8.78 Å². The number of amides is 1. The van der Waals surface area contributed by atoms with Gasteiger partial charge in [0.2, 0.25) is 5.91 Å². The standard InChI is InChI=1S/C30H30F2N2O4/c1-3-5-11-25(33)30(18-9-7-6-8-10-18)17-21-24(38-30)16-22(31)19(4-2)26(21)27-20(29(34)36)12-13-23(28(27)32)37-15-14-35/h2,6-10,12-13,16,25,35H,3,5,11,14-15,17,33H2,1H3,(H2,34,36). The monoisotopic (exact) mass is 520 g/mol. The van der Waals surface area contributed by atoms with Crippen molar-refractivity contribution >= 4 is 5.91 Å². The van der Waals surface area contributed by atoms with Crippen LogP contribution >= 0.6 is 0 Å². The molecule has 0 fully saturated rings. The number of halogens is 2. The van der Waals surface area contributed by atoms with Crippen molar-refractivity contribution in [1.82, 2.24) is 0 Å². The van der Waals surface area contributed by atoms with E-state index in [0.717, 1.165) is 18.4 Å². The fourth-order valence-corrected chi connectivity index (χ4v) is 5.08. The number of hydrogen-bond donors (Lipinski definition) is 3. The van der Waals surface area contributed by atoms with Crippen LogP contribution in [0.15, 0.2) is 48.5 Å². The number of fused-ring (bicyclic) bond motifs is 1. The molecule has 0 saturated heterocycles. The third-order valence-corrected chi connectivity index (χ3v) is 6.92. The number of ether oxygens (including phenoxy) is 2. The lowest BCUT2D eigenvalue weighted by molar-refractivity contribution is 0.0576. The van der Waals surface area contributed by atoms with Crippen LogP contribution in [0.25, 0.3) is 11.1 Å². The minimum Gasteiger partial charge on any atom is -0.488 e. The molecule has 2 atom stereocenters. The maximum Gasteiger partial charge on any atom is 0.249 e. The molecule has 1 aliphatic heterocycles. The molecule has 1 heterocycles. The summed E-state index contributed by atoms with van der Waals surface area (Å²) < 4.78 is 43.3. The van der Waals surface area contributed by atoms with Gasteiger partial charge in [0.05, 0.1) is 17.7 Å². The first-order valence-corrected chi connectivity index (χ1v) is 12.5. The molecule has 5 N–H and O–H groups in total. The second-order valence-electron chi connectivity index (χ2n) is 9.25. The molecule has 198 valence electrons. The van der Waals surface area contributed by atoms with Crippen LogP contribution in [0.2, 0.25) is 0 Å². The van der Waals surface area contributed by atoms with E-state index in [2.05, 4.69) is 12.8 Å². The normalized spacial score (nSPS) is 16.8. The molecule has 1 amide bonds. The largest absolute Gasteiger partial charge is 0.488 e. The van der Waals surface area contributed by atoms with Crippen LogP contribution in [0, 0.1) is 24.0 Å². The van der Waals surface area contributed by atoms with Crippen molar-refractivity contribution in [2.75, 3.05) is 13.2 Å². The molecular weight excluding hydrogens is 490 g/mol. The van der Waals surface area contributed by atoms with Gasteiger partial charge in [0.25, 0.3) is 0 Å². The fraction of sp³-hybridized carbons (Fsp3) is 0.300. The molecule has 2 unspecified atom stereocenters. The summed E-state index contributed by atoms with van der Waals surface area (Å²) in [6, 6.07) is 12.6. The highest BCUT2D eigenvalue weighted by Gasteiger charge is 2.48. The van der Waals surface area contributed by atoms with Crippen LogP contribution in [-0.4, -0.2) is 30.3 Å². The van der Waals surface area contributed by atoms with Crippen molar-refractivity contribution in [2.24, 2.45) is 11.5 Å². The van der Waals surface area contributed by atoms with E-state index in [9.17, 15) is 4.79 Å². The van der Waals surface area contributed by atoms with E-state index in [1.165, 1.54) is 18.2 Å². The molecule has 6 nitrogen and oxygen atoms in total. The summed E-state index contributed by atoms with van der Waals surface area (Å²) in [5.74, 6) is -0.467. The molecule has 4 rings (SSSR count). The number of rotatable bonds is 10. The number of primary amides is 1. The second-order valence-corrected chi connectivity index (χ2v) is 9.25. The summed E-state index contributed by atoms with van der Waals surface area (Å²) in [5.41, 5.74) is 11.7. The van der Waals surface area contributed by atoms with Crippen molar-refractivity contribution < 1.29 is 28.2 Å². The molecule has 0 radical (unpaired) electrons. The smallest absolute Gasteiger partial charge is 0.249 e. The zero-order valence-electron chi connectivity index (χ0n) is 21.1. The molecule has 0 spiro atoms. The van der Waals surface area contributed by atoms with Gasteiger partial charge in [-0.15, -0.1) is 6.42 Å². The molecule has 8 heteroatoms. The van der Waals surface area contributed by atoms with Crippen LogP contribution in [0.1, 0.15) is 53.2 Å². The Morgan fingerprint density at radius 2 is 1.97 bits per heavy atom. The highest BCUT2D eigenvalue weighted by molar-refractivity contribution is 6.02. The minimum atomic E-state index is -1.08. The minimum absolute atomic E-state index is 0.0104. The predicted molar refractivity (Wildman–Crippen MR) is 141 cm³/mol. The first kappa shape index (κ1) is 27.1. The van der Waals surface area contributed by atoms with E-state index in [4.69, 9.17) is 32.5 Å². The van der Waals surface area contributed by atoms with E-state index >= 15 is 8.78 Å². The van der Waals surface area contributed by atoms with E-state index < -0.39 is 29.2 Å².